The predicted octanol–water partition coefficient (Wildman–Crippen LogP) is 1.66. The van der Waals surface area contributed by atoms with E-state index in [1.165, 1.54) is 5.56 Å². The van der Waals surface area contributed by atoms with Crippen LogP contribution < -0.4 is 5.32 Å². The monoisotopic (exact) mass is 147 g/mol. The molecule has 0 aromatic heterocycles. The van der Waals surface area contributed by atoms with Gasteiger partial charge in [0.1, 0.15) is 0 Å². The molecule has 1 N–H and O–H groups in total. The van der Waals surface area contributed by atoms with E-state index in [1.54, 1.807) is 0 Å². The summed E-state index contributed by atoms with van der Waals surface area (Å²) in [5.41, 5.74) is 1.33. The molecular formula is C10H13N. The minimum Gasteiger partial charge on any atom is -0.316 e. The molecule has 58 valence electrons. The molecule has 0 bridgehead atoms. The van der Waals surface area contributed by atoms with E-state index < -0.39 is 0 Å². The second kappa shape index (κ2) is 6.85. The van der Waals surface area contributed by atoms with Gasteiger partial charge in [0.15, 0.2) is 0 Å². The van der Waals surface area contributed by atoms with Gasteiger partial charge in [-0.15, -0.1) is 12.8 Å². The quantitative estimate of drug-likeness (QED) is 0.627. The molecule has 0 radical (unpaired) electrons. The number of terminal acetylenes is 1. The van der Waals surface area contributed by atoms with E-state index in [0.29, 0.717) is 0 Å². The van der Waals surface area contributed by atoms with Crippen LogP contribution in [0.3, 0.4) is 0 Å². The van der Waals surface area contributed by atoms with Gasteiger partial charge in [-0.3, -0.25) is 0 Å². The third kappa shape index (κ3) is 4.19. The van der Waals surface area contributed by atoms with Gasteiger partial charge < -0.3 is 5.32 Å². The van der Waals surface area contributed by atoms with Gasteiger partial charge in [-0.2, -0.15) is 0 Å². The second-order valence-electron chi connectivity index (χ2n) is 2.02. The van der Waals surface area contributed by atoms with Crippen molar-refractivity contribution in [2.75, 3.05) is 7.05 Å². The van der Waals surface area contributed by atoms with Crippen molar-refractivity contribution in [1.82, 2.24) is 5.32 Å². The fraction of sp³-hybridized carbons (Fsp3) is 0.200. The molecule has 0 saturated carbocycles. The Morgan fingerprint density at radius 1 is 1.18 bits per heavy atom. The highest BCUT2D eigenvalue weighted by molar-refractivity contribution is 5.13. The standard InChI is InChI=1S/C8H11N.C2H2/c1-9-7-8-5-3-2-4-6-8;1-2/h2-6,9H,7H2,1H3;1-2H. The lowest BCUT2D eigenvalue weighted by Gasteiger charge is -1.95. The summed E-state index contributed by atoms with van der Waals surface area (Å²) in [6.07, 6.45) is 8.00. The molecule has 0 saturated heterocycles. The first kappa shape index (κ1) is 9.74. The maximum atomic E-state index is 4.00. The third-order valence-electron chi connectivity index (χ3n) is 1.22. The largest absolute Gasteiger partial charge is 0.316 e. The maximum absolute atomic E-state index is 4.00. The first-order valence-electron chi connectivity index (χ1n) is 3.45. The number of hydrogen-bond donors (Lipinski definition) is 1. The summed E-state index contributed by atoms with van der Waals surface area (Å²) in [5, 5.41) is 3.08. The Morgan fingerprint density at radius 2 is 1.73 bits per heavy atom. The molecule has 1 nitrogen and oxygen atoms in total. The summed E-state index contributed by atoms with van der Waals surface area (Å²) in [7, 11) is 1.95. The van der Waals surface area contributed by atoms with Crippen LogP contribution >= 0.6 is 0 Å². The minimum atomic E-state index is 0.959. The highest BCUT2D eigenvalue weighted by atomic mass is 14.8. The summed E-state index contributed by atoms with van der Waals surface area (Å²) in [4.78, 5) is 0. The zero-order valence-electron chi connectivity index (χ0n) is 6.75. The van der Waals surface area contributed by atoms with Crippen LogP contribution in [-0.4, -0.2) is 7.05 Å². The van der Waals surface area contributed by atoms with Crippen LogP contribution in [0.15, 0.2) is 30.3 Å². The Bertz CT molecular complexity index is 189. The van der Waals surface area contributed by atoms with Crippen molar-refractivity contribution < 1.29 is 0 Å². The van der Waals surface area contributed by atoms with E-state index in [0.717, 1.165) is 6.54 Å². The van der Waals surface area contributed by atoms with Crippen LogP contribution in [0.2, 0.25) is 0 Å². The van der Waals surface area contributed by atoms with Crippen LogP contribution in [-0.2, 0) is 6.54 Å². The average Bonchev–Trinajstić information content (AvgIpc) is 2.11. The maximum Gasteiger partial charge on any atom is 0.0202 e. The van der Waals surface area contributed by atoms with Crippen molar-refractivity contribution in [2.45, 2.75) is 6.54 Å². The van der Waals surface area contributed by atoms with E-state index in [-0.39, 0.29) is 0 Å². The van der Waals surface area contributed by atoms with E-state index in [9.17, 15) is 0 Å². The fourth-order valence-electron chi connectivity index (χ4n) is 0.800. The summed E-state index contributed by atoms with van der Waals surface area (Å²) in [6.45, 7) is 0.959. The molecule has 0 aliphatic rings. The molecule has 0 aliphatic carbocycles. The molecule has 1 heteroatoms. The predicted molar refractivity (Wildman–Crippen MR) is 49.1 cm³/mol. The molecule has 0 aliphatic heterocycles. The molecule has 1 aromatic rings. The van der Waals surface area contributed by atoms with Crippen molar-refractivity contribution in [2.24, 2.45) is 0 Å². The number of rotatable bonds is 2. The number of benzene rings is 1. The lowest BCUT2D eigenvalue weighted by atomic mass is 10.2. The average molecular weight is 147 g/mol. The smallest absolute Gasteiger partial charge is 0.0202 e. The van der Waals surface area contributed by atoms with E-state index in [1.807, 2.05) is 25.2 Å². The summed E-state index contributed by atoms with van der Waals surface area (Å²) in [5.74, 6) is 0. The lowest BCUT2D eigenvalue weighted by Crippen LogP contribution is -2.04. The third-order valence-corrected chi connectivity index (χ3v) is 1.22. The number of nitrogens with one attached hydrogen (secondary N) is 1. The molecule has 0 unspecified atom stereocenters. The van der Waals surface area contributed by atoms with Crippen LogP contribution in [0, 0.1) is 12.8 Å². The second-order valence-corrected chi connectivity index (χ2v) is 2.02. The Labute approximate surface area is 68.4 Å². The first-order valence-corrected chi connectivity index (χ1v) is 3.45. The molecule has 0 fully saturated rings. The molecule has 1 rings (SSSR count). The molecule has 11 heavy (non-hydrogen) atoms. The molecule has 0 heterocycles. The van der Waals surface area contributed by atoms with Gasteiger partial charge in [0.05, 0.1) is 0 Å². The van der Waals surface area contributed by atoms with Crippen LogP contribution in [0.25, 0.3) is 0 Å². The van der Waals surface area contributed by atoms with E-state index in [4.69, 9.17) is 0 Å². The van der Waals surface area contributed by atoms with Crippen LogP contribution in [0.4, 0.5) is 0 Å². The van der Waals surface area contributed by atoms with Gasteiger partial charge in [-0.25, -0.2) is 0 Å². The SMILES string of the molecule is C#C.CNCc1ccccc1. The van der Waals surface area contributed by atoms with E-state index >= 15 is 0 Å². The highest BCUT2D eigenvalue weighted by Gasteiger charge is 1.83. The Kier molecular flexibility index (Phi) is 6.07. The number of hydrogen-bond acceptors (Lipinski definition) is 1. The van der Waals surface area contributed by atoms with Gasteiger partial charge in [0, 0.05) is 6.54 Å². The highest BCUT2D eigenvalue weighted by Crippen LogP contribution is 1.95. The summed E-state index contributed by atoms with van der Waals surface area (Å²) < 4.78 is 0. The summed E-state index contributed by atoms with van der Waals surface area (Å²) in [6, 6.07) is 10.3. The molecule has 1 aromatic carbocycles. The Balaban J connectivity index is 0.000000461. The van der Waals surface area contributed by atoms with Crippen LogP contribution in [0.5, 0.6) is 0 Å². The topological polar surface area (TPSA) is 12.0 Å². The fourth-order valence-corrected chi connectivity index (χ4v) is 0.800. The molecule has 0 spiro atoms. The van der Waals surface area contributed by atoms with Gasteiger partial charge in [0.25, 0.3) is 0 Å². The zero-order valence-corrected chi connectivity index (χ0v) is 6.75. The van der Waals surface area contributed by atoms with Crippen molar-refractivity contribution in [3.63, 3.8) is 0 Å². The summed E-state index contributed by atoms with van der Waals surface area (Å²) >= 11 is 0. The Morgan fingerprint density at radius 3 is 2.18 bits per heavy atom. The van der Waals surface area contributed by atoms with Crippen molar-refractivity contribution in [3.05, 3.63) is 35.9 Å². The molecular weight excluding hydrogens is 134 g/mol. The van der Waals surface area contributed by atoms with Crippen LogP contribution in [0.1, 0.15) is 5.56 Å². The van der Waals surface area contributed by atoms with Gasteiger partial charge >= 0.3 is 0 Å². The molecule has 0 amide bonds. The molecule has 0 atom stereocenters. The zero-order chi connectivity index (χ0) is 8.53. The van der Waals surface area contributed by atoms with Gasteiger partial charge in [-0.1, -0.05) is 30.3 Å². The normalized spacial score (nSPS) is 7.91. The van der Waals surface area contributed by atoms with Crippen molar-refractivity contribution in [1.29, 1.82) is 0 Å². The lowest BCUT2D eigenvalue weighted by molar-refractivity contribution is 0.818. The van der Waals surface area contributed by atoms with E-state index in [2.05, 4.69) is 30.3 Å². The minimum absolute atomic E-state index is 0.959. The first-order chi connectivity index (χ1) is 5.43. The van der Waals surface area contributed by atoms with Gasteiger partial charge in [-0.05, 0) is 12.6 Å². The Hall–Kier alpha value is -1.26. The van der Waals surface area contributed by atoms with Crippen molar-refractivity contribution >= 4 is 0 Å². The van der Waals surface area contributed by atoms with Gasteiger partial charge in [0.2, 0.25) is 0 Å². The van der Waals surface area contributed by atoms with Crippen molar-refractivity contribution in [3.8, 4) is 12.8 Å².